The minimum absolute atomic E-state index is 0.736. The molecule has 1 aromatic carbocycles. The average Bonchev–Trinajstić information content (AvgIpc) is 2.48. The van der Waals surface area contributed by atoms with E-state index < -0.39 is 0 Å². The number of piperazine rings is 1. The summed E-state index contributed by atoms with van der Waals surface area (Å²) in [7, 11) is 0. The van der Waals surface area contributed by atoms with Gasteiger partial charge in [-0.15, -0.1) is 0 Å². The van der Waals surface area contributed by atoms with Crippen LogP contribution in [0.5, 0.6) is 0 Å². The second-order valence-electron chi connectivity index (χ2n) is 6.28. The summed E-state index contributed by atoms with van der Waals surface area (Å²) >= 11 is 0. The first-order chi connectivity index (χ1) is 10.1. The molecule has 112 valence electrons. The summed E-state index contributed by atoms with van der Waals surface area (Å²) < 4.78 is 0. The van der Waals surface area contributed by atoms with Gasteiger partial charge in [0.15, 0.2) is 0 Å². The summed E-state index contributed by atoms with van der Waals surface area (Å²) in [4.78, 5) is 9.23. The van der Waals surface area contributed by atoms with Gasteiger partial charge in [-0.05, 0) is 24.1 Å². The van der Waals surface area contributed by atoms with Gasteiger partial charge in [-0.3, -0.25) is 9.88 Å². The molecular weight excluding hydrogens is 260 g/mol. The van der Waals surface area contributed by atoms with Gasteiger partial charge in [0.1, 0.15) is 0 Å². The van der Waals surface area contributed by atoms with Crippen LogP contribution < -0.4 is 10.6 Å². The van der Waals surface area contributed by atoms with Crippen molar-refractivity contribution < 1.29 is 0 Å². The van der Waals surface area contributed by atoms with Gasteiger partial charge in [-0.1, -0.05) is 13.8 Å². The molecule has 1 aliphatic heterocycles. The number of hydrogen-bond donors (Lipinski definition) is 1. The first-order valence-corrected chi connectivity index (χ1v) is 7.74. The third-order valence-corrected chi connectivity index (χ3v) is 4.17. The fourth-order valence-corrected chi connectivity index (χ4v) is 3.16. The second kappa shape index (κ2) is 5.90. The number of rotatable bonds is 3. The summed E-state index contributed by atoms with van der Waals surface area (Å²) in [5, 5.41) is 2.27. The Morgan fingerprint density at radius 2 is 1.86 bits per heavy atom. The van der Waals surface area contributed by atoms with Crippen LogP contribution in [0.2, 0.25) is 0 Å². The molecule has 1 aliphatic rings. The number of pyridine rings is 1. The summed E-state index contributed by atoms with van der Waals surface area (Å²) in [6.07, 6.45) is 3.71. The van der Waals surface area contributed by atoms with Gasteiger partial charge >= 0.3 is 0 Å². The minimum atomic E-state index is 0.736. The molecule has 0 aliphatic carbocycles. The topological polar surface area (TPSA) is 45.4 Å². The van der Waals surface area contributed by atoms with Crippen LogP contribution in [-0.2, 0) is 0 Å². The molecule has 4 nitrogen and oxygen atoms in total. The van der Waals surface area contributed by atoms with E-state index in [1.807, 2.05) is 18.5 Å². The van der Waals surface area contributed by atoms with Crippen LogP contribution in [0.25, 0.3) is 10.8 Å². The third-order valence-electron chi connectivity index (χ3n) is 4.17. The summed E-state index contributed by atoms with van der Waals surface area (Å²) in [6.45, 7) is 10.2. The number of fused-ring (bicyclic) bond motifs is 1. The van der Waals surface area contributed by atoms with Crippen molar-refractivity contribution >= 4 is 22.1 Å². The number of anilines is 2. The van der Waals surface area contributed by atoms with Gasteiger partial charge < -0.3 is 10.6 Å². The highest BCUT2D eigenvalue weighted by Crippen LogP contribution is 2.30. The Hall–Kier alpha value is -1.81. The van der Waals surface area contributed by atoms with Crippen molar-refractivity contribution in [3.05, 3.63) is 30.6 Å². The molecule has 21 heavy (non-hydrogen) atoms. The molecule has 0 amide bonds. The summed E-state index contributed by atoms with van der Waals surface area (Å²) in [6, 6.07) is 6.22. The van der Waals surface area contributed by atoms with E-state index in [4.69, 9.17) is 5.73 Å². The van der Waals surface area contributed by atoms with Crippen molar-refractivity contribution in [1.29, 1.82) is 0 Å². The number of benzene rings is 1. The highest BCUT2D eigenvalue weighted by molar-refractivity contribution is 6.00. The van der Waals surface area contributed by atoms with Gasteiger partial charge in [-0.25, -0.2) is 0 Å². The van der Waals surface area contributed by atoms with Crippen LogP contribution in [0.1, 0.15) is 13.8 Å². The molecule has 2 aromatic rings. The Kier molecular flexibility index (Phi) is 3.97. The van der Waals surface area contributed by atoms with E-state index >= 15 is 0 Å². The maximum atomic E-state index is 6.06. The van der Waals surface area contributed by atoms with Gasteiger partial charge in [0.25, 0.3) is 0 Å². The molecule has 0 bridgehead atoms. The van der Waals surface area contributed by atoms with Crippen LogP contribution in [0.4, 0.5) is 11.4 Å². The van der Waals surface area contributed by atoms with Crippen molar-refractivity contribution in [2.45, 2.75) is 13.8 Å². The lowest BCUT2D eigenvalue weighted by atomic mass is 10.1. The SMILES string of the molecule is CC(C)CN1CCN(c2ccc(N)c3cnccc23)CC1. The molecular formula is C17H24N4. The molecule has 0 radical (unpaired) electrons. The Bertz CT molecular complexity index is 615. The largest absolute Gasteiger partial charge is 0.398 e. The number of hydrogen-bond acceptors (Lipinski definition) is 4. The van der Waals surface area contributed by atoms with E-state index in [2.05, 4.69) is 40.8 Å². The minimum Gasteiger partial charge on any atom is -0.398 e. The van der Waals surface area contributed by atoms with Gasteiger partial charge in [0.05, 0.1) is 0 Å². The molecule has 1 aromatic heterocycles. The predicted molar refractivity (Wildman–Crippen MR) is 89.6 cm³/mol. The Labute approximate surface area is 126 Å². The Balaban J connectivity index is 1.81. The average molecular weight is 284 g/mol. The summed E-state index contributed by atoms with van der Waals surface area (Å²) in [5.41, 5.74) is 8.15. The van der Waals surface area contributed by atoms with E-state index in [1.165, 1.54) is 17.6 Å². The molecule has 0 saturated carbocycles. The van der Waals surface area contributed by atoms with E-state index in [-0.39, 0.29) is 0 Å². The highest BCUT2D eigenvalue weighted by atomic mass is 15.3. The number of nitrogens with two attached hydrogens (primary N) is 1. The predicted octanol–water partition coefficient (Wildman–Crippen LogP) is 2.60. The Morgan fingerprint density at radius 1 is 1.10 bits per heavy atom. The van der Waals surface area contributed by atoms with E-state index in [0.717, 1.165) is 43.2 Å². The molecule has 0 unspecified atom stereocenters. The number of aromatic nitrogens is 1. The van der Waals surface area contributed by atoms with E-state index in [0.29, 0.717) is 0 Å². The lowest BCUT2D eigenvalue weighted by molar-refractivity contribution is 0.231. The molecule has 0 atom stereocenters. The van der Waals surface area contributed by atoms with Crippen LogP contribution >= 0.6 is 0 Å². The first-order valence-electron chi connectivity index (χ1n) is 7.74. The van der Waals surface area contributed by atoms with Crippen molar-refractivity contribution in [2.24, 2.45) is 5.92 Å². The monoisotopic (exact) mass is 284 g/mol. The molecule has 1 fully saturated rings. The van der Waals surface area contributed by atoms with Crippen LogP contribution in [0.15, 0.2) is 30.6 Å². The van der Waals surface area contributed by atoms with Crippen LogP contribution in [0, 0.1) is 5.92 Å². The number of nitrogens with zero attached hydrogens (tertiary/aromatic N) is 3. The normalized spacial score (nSPS) is 16.8. The molecule has 3 rings (SSSR count). The zero-order valence-corrected chi connectivity index (χ0v) is 12.9. The number of nitrogen functional groups attached to an aromatic ring is 1. The quantitative estimate of drug-likeness (QED) is 0.880. The Morgan fingerprint density at radius 3 is 2.57 bits per heavy atom. The second-order valence-corrected chi connectivity index (χ2v) is 6.28. The molecule has 2 heterocycles. The van der Waals surface area contributed by atoms with Crippen LogP contribution in [-0.4, -0.2) is 42.6 Å². The lowest BCUT2D eigenvalue weighted by Gasteiger charge is -2.37. The fourth-order valence-electron chi connectivity index (χ4n) is 3.16. The lowest BCUT2D eigenvalue weighted by Crippen LogP contribution is -2.47. The standard InChI is InChI=1S/C17H24N4/c1-13(2)12-20-7-9-21(10-8-20)17-4-3-16(18)15-11-19-6-5-14(15)17/h3-6,11,13H,7-10,12,18H2,1-2H3. The van der Waals surface area contributed by atoms with Crippen molar-refractivity contribution in [3.63, 3.8) is 0 Å². The van der Waals surface area contributed by atoms with Gasteiger partial charge in [0, 0.05) is 67.3 Å². The molecule has 1 saturated heterocycles. The maximum Gasteiger partial charge on any atom is 0.0449 e. The van der Waals surface area contributed by atoms with Crippen molar-refractivity contribution in [3.8, 4) is 0 Å². The first kappa shape index (κ1) is 14.1. The van der Waals surface area contributed by atoms with Crippen molar-refractivity contribution in [1.82, 2.24) is 9.88 Å². The molecule has 0 spiro atoms. The molecule has 2 N–H and O–H groups in total. The summed E-state index contributed by atoms with van der Waals surface area (Å²) in [5.74, 6) is 0.736. The highest BCUT2D eigenvalue weighted by Gasteiger charge is 2.19. The van der Waals surface area contributed by atoms with Crippen LogP contribution in [0.3, 0.4) is 0 Å². The third kappa shape index (κ3) is 2.95. The van der Waals surface area contributed by atoms with Gasteiger partial charge in [0.2, 0.25) is 0 Å². The van der Waals surface area contributed by atoms with E-state index in [9.17, 15) is 0 Å². The maximum absolute atomic E-state index is 6.06. The zero-order valence-electron chi connectivity index (χ0n) is 12.9. The van der Waals surface area contributed by atoms with E-state index in [1.54, 1.807) is 0 Å². The molecule has 4 heteroatoms. The van der Waals surface area contributed by atoms with Crippen molar-refractivity contribution in [2.75, 3.05) is 43.4 Å². The fraction of sp³-hybridized carbons (Fsp3) is 0.471. The van der Waals surface area contributed by atoms with Gasteiger partial charge in [-0.2, -0.15) is 0 Å². The zero-order chi connectivity index (χ0) is 14.8. The smallest absolute Gasteiger partial charge is 0.0449 e.